The minimum atomic E-state index is -0.179. The number of urea groups is 1. The zero-order chi connectivity index (χ0) is 22.6. The van der Waals surface area contributed by atoms with E-state index in [0.717, 1.165) is 61.7 Å². The summed E-state index contributed by atoms with van der Waals surface area (Å²) in [6, 6.07) is 20.3. The molecule has 0 radical (unpaired) electrons. The van der Waals surface area contributed by atoms with Crippen molar-refractivity contribution in [2.45, 2.75) is 31.2 Å². The van der Waals surface area contributed by atoms with Crippen molar-refractivity contribution >= 4 is 11.8 Å². The maximum atomic E-state index is 13.2. The first-order chi connectivity index (χ1) is 16.2. The summed E-state index contributed by atoms with van der Waals surface area (Å²) in [5.41, 5.74) is 4.44. The van der Waals surface area contributed by atoms with Gasteiger partial charge in [-0.05, 0) is 37.0 Å². The Morgan fingerprint density at radius 1 is 1.06 bits per heavy atom. The number of likely N-dealkylation sites (tertiary alicyclic amines) is 1. The summed E-state index contributed by atoms with van der Waals surface area (Å²) in [6.07, 6.45) is 2.98. The summed E-state index contributed by atoms with van der Waals surface area (Å²) in [4.78, 5) is 15.6. The third-order valence-electron chi connectivity index (χ3n) is 6.69. The Morgan fingerprint density at radius 3 is 2.58 bits per heavy atom. The number of rotatable bonds is 7. The number of amides is 2. The van der Waals surface area contributed by atoms with E-state index in [0.29, 0.717) is 6.61 Å². The molecule has 2 atom stereocenters. The number of hydrogen-bond acceptors (Lipinski definition) is 4. The van der Waals surface area contributed by atoms with Gasteiger partial charge in [0.1, 0.15) is 5.82 Å². The van der Waals surface area contributed by atoms with Gasteiger partial charge in [-0.2, -0.15) is 5.10 Å². The highest BCUT2D eigenvalue weighted by atomic mass is 16.5. The largest absolute Gasteiger partial charge is 0.383 e. The van der Waals surface area contributed by atoms with Gasteiger partial charge in [0.2, 0.25) is 0 Å². The predicted molar refractivity (Wildman–Crippen MR) is 129 cm³/mol. The second-order valence-electron chi connectivity index (χ2n) is 8.85. The molecule has 172 valence electrons. The summed E-state index contributed by atoms with van der Waals surface area (Å²) in [5, 5.41) is 11.2. The van der Waals surface area contributed by atoms with Crippen molar-refractivity contribution in [3.8, 4) is 5.69 Å². The average Bonchev–Trinajstić information content (AvgIpc) is 3.55. The van der Waals surface area contributed by atoms with Crippen molar-refractivity contribution in [3.05, 3.63) is 77.5 Å². The van der Waals surface area contributed by atoms with Crippen LogP contribution in [0.25, 0.3) is 5.69 Å². The van der Waals surface area contributed by atoms with Gasteiger partial charge in [0.15, 0.2) is 0 Å². The van der Waals surface area contributed by atoms with Gasteiger partial charge in [-0.1, -0.05) is 48.5 Å². The minimum Gasteiger partial charge on any atom is -0.383 e. The maximum absolute atomic E-state index is 13.2. The van der Waals surface area contributed by atoms with Crippen molar-refractivity contribution in [2.24, 2.45) is 0 Å². The molecule has 0 unspecified atom stereocenters. The summed E-state index contributed by atoms with van der Waals surface area (Å²) in [5.74, 6) is 1.02. The molecule has 33 heavy (non-hydrogen) atoms. The van der Waals surface area contributed by atoms with Gasteiger partial charge < -0.3 is 10.1 Å². The van der Waals surface area contributed by atoms with E-state index in [-0.39, 0.29) is 18.0 Å². The van der Waals surface area contributed by atoms with Gasteiger partial charge in [-0.3, -0.25) is 10.2 Å². The number of methoxy groups -OCH3 is 1. The number of benzene rings is 2. The predicted octanol–water partition coefficient (Wildman–Crippen LogP) is 3.60. The van der Waals surface area contributed by atoms with Crippen LogP contribution in [-0.4, -0.2) is 60.1 Å². The quantitative estimate of drug-likeness (QED) is 0.583. The molecular formula is C26H31N5O2. The van der Waals surface area contributed by atoms with Crippen molar-refractivity contribution in [1.82, 2.24) is 20.0 Å². The van der Waals surface area contributed by atoms with Crippen LogP contribution in [0.2, 0.25) is 0 Å². The van der Waals surface area contributed by atoms with Crippen LogP contribution < -0.4 is 10.6 Å². The van der Waals surface area contributed by atoms with Crippen LogP contribution in [0.3, 0.4) is 0 Å². The first-order valence-electron chi connectivity index (χ1n) is 11.7. The van der Waals surface area contributed by atoms with E-state index in [1.807, 2.05) is 41.1 Å². The van der Waals surface area contributed by atoms with Gasteiger partial charge in [0.05, 0.1) is 24.0 Å². The molecule has 3 aromatic rings. The SMILES string of the molecule is COCCN1C[C@H](NC(=O)Nc2c3c(nn2-c2ccccc2)CCC3)[C@@H](c2ccccc2)C1. The van der Waals surface area contributed by atoms with Crippen LogP contribution >= 0.6 is 0 Å². The Balaban J connectivity index is 1.35. The lowest BCUT2D eigenvalue weighted by atomic mass is 9.94. The van der Waals surface area contributed by atoms with Crippen LogP contribution in [0.1, 0.15) is 29.2 Å². The molecule has 2 aromatic carbocycles. The molecule has 2 N–H and O–H groups in total. The Labute approximate surface area is 194 Å². The number of hydrogen-bond donors (Lipinski definition) is 2. The van der Waals surface area contributed by atoms with Crippen molar-refractivity contribution < 1.29 is 9.53 Å². The Bertz CT molecular complexity index is 1080. The lowest BCUT2D eigenvalue weighted by Gasteiger charge is -2.21. The molecule has 1 fully saturated rings. The van der Waals surface area contributed by atoms with E-state index in [1.54, 1.807) is 7.11 Å². The molecule has 1 saturated heterocycles. The van der Waals surface area contributed by atoms with Crippen LogP contribution in [0, 0.1) is 0 Å². The highest BCUT2D eigenvalue weighted by Crippen LogP contribution is 2.31. The molecule has 0 bridgehead atoms. The van der Waals surface area contributed by atoms with Gasteiger partial charge in [-0.15, -0.1) is 0 Å². The van der Waals surface area contributed by atoms with E-state index in [9.17, 15) is 4.79 Å². The van der Waals surface area contributed by atoms with Crippen LogP contribution in [0.4, 0.5) is 10.6 Å². The molecule has 1 aliphatic carbocycles. The number of aryl methyl sites for hydroxylation is 1. The fourth-order valence-electron chi connectivity index (χ4n) is 5.06. The molecule has 0 spiro atoms. The minimum absolute atomic E-state index is 0.0189. The Kier molecular flexibility index (Phi) is 6.41. The monoisotopic (exact) mass is 445 g/mol. The number of nitrogens with one attached hydrogen (secondary N) is 2. The molecule has 2 heterocycles. The van der Waals surface area contributed by atoms with E-state index >= 15 is 0 Å². The summed E-state index contributed by atoms with van der Waals surface area (Å²) in [6.45, 7) is 3.23. The smallest absolute Gasteiger partial charge is 0.320 e. The highest BCUT2D eigenvalue weighted by Gasteiger charge is 2.35. The molecule has 2 amide bonds. The average molecular weight is 446 g/mol. The molecule has 1 aromatic heterocycles. The summed E-state index contributed by atoms with van der Waals surface area (Å²) < 4.78 is 7.15. The van der Waals surface area contributed by atoms with Crippen molar-refractivity contribution in [2.75, 3.05) is 38.7 Å². The fraction of sp³-hybridized carbons (Fsp3) is 0.385. The number of ether oxygens (including phenoxy) is 1. The molecule has 7 nitrogen and oxygen atoms in total. The van der Waals surface area contributed by atoms with E-state index < -0.39 is 0 Å². The van der Waals surface area contributed by atoms with Crippen LogP contribution in [-0.2, 0) is 17.6 Å². The molecule has 0 saturated carbocycles. The Hall–Kier alpha value is -3.16. The normalized spacial score (nSPS) is 20.0. The topological polar surface area (TPSA) is 71.4 Å². The Morgan fingerprint density at radius 2 is 1.82 bits per heavy atom. The number of para-hydroxylation sites is 1. The second-order valence-corrected chi connectivity index (χ2v) is 8.85. The van der Waals surface area contributed by atoms with E-state index in [1.165, 1.54) is 5.56 Å². The fourth-order valence-corrected chi connectivity index (χ4v) is 5.06. The molecule has 7 heteroatoms. The van der Waals surface area contributed by atoms with E-state index in [4.69, 9.17) is 9.84 Å². The molecule has 5 rings (SSSR count). The zero-order valence-electron chi connectivity index (χ0n) is 19.0. The summed E-state index contributed by atoms with van der Waals surface area (Å²) >= 11 is 0. The number of aromatic nitrogens is 2. The number of anilines is 1. The lowest BCUT2D eigenvalue weighted by Crippen LogP contribution is -2.42. The maximum Gasteiger partial charge on any atom is 0.320 e. The zero-order valence-corrected chi connectivity index (χ0v) is 19.0. The standard InChI is InChI=1S/C26H31N5O2/c1-33-16-15-30-17-22(19-9-4-2-5-10-19)24(18-30)27-26(32)28-25-21-13-8-14-23(21)29-31(25)20-11-6-3-7-12-20/h2-7,9-12,22,24H,8,13-18H2,1H3,(H2,27,28,32)/t22-,24+/m1/s1. The first-order valence-corrected chi connectivity index (χ1v) is 11.7. The van der Waals surface area contributed by atoms with Gasteiger partial charge in [0.25, 0.3) is 0 Å². The third-order valence-corrected chi connectivity index (χ3v) is 6.69. The van der Waals surface area contributed by atoms with Gasteiger partial charge in [-0.25, -0.2) is 9.48 Å². The highest BCUT2D eigenvalue weighted by molar-refractivity contribution is 5.90. The van der Waals surface area contributed by atoms with Crippen LogP contribution in [0.5, 0.6) is 0 Å². The molecule has 2 aliphatic rings. The number of nitrogens with zero attached hydrogens (tertiary/aromatic N) is 3. The number of carbonyl (C=O) groups excluding carboxylic acids is 1. The van der Waals surface area contributed by atoms with Crippen molar-refractivity contribution in [3.63, 3.8) is 0 Å². The van der Waals surface area contributed by atoms with Crippen LogP contribution in [0.15, 0.2) is 60.7 Å². The van der Waals surface area contributed by atoms with E-state index in [2.05, 4.69) is 39.8 Å². The van der Waals surface area contributed by atoms with Gasteiger partial charge in [0, 0.05) is 38.2 Å². The number of fused-ring (bicyclic) bond motifs is 1. The second kappa shape index (κ2) is 9.77. The third kappa shape index (κ3) is 4.65. The molecule has 1 aliphatic heterocycles. The van der Waals surface area contributed by atoms with Gasteiger partial charge >= 0.3 is 6.03 Å². The first kappa shape index (κ1) is 21.7. The number of carbonyl (C=O) groups is 1. The lowest BCUT2D eigenvalue weighted by molar-refractivity contribution is 0.159. The molecular weight excluding hydrogens is 414 g/mol. The van der Waals surface area contributed by atoms with Crippen molar-refractivity contribution in [1.29, 1.82) is 0 Å². The summed E-state index contributed by atoms with van der Waals surface area (Å²) in [7, 11) is 1.72.